The summed E-state index contributed by atoms with van der Waals surface area (Å²) in [4.78, 5) is 12.7. The van der Waals surface area contributed by atoms with Crippen LogP contribution in [0, 0.1) is 0 Å². The first kappa shape index (κ1) is 17.2. The van der Waals surface area contributed by atoms with E-state index in [4.69, 9.17) is 16.3 Å². The Morgan fingerprint density at radius 2 is 2.13 bits per heavy atom. The van der Waals surface area contributed by atoms with Crippen LogP contribution in [0.1, 0.15) is 5.56 Å². The quantitative estimate of drug-likeness (QED) is 0.476. The number of nitrogens with one attached hydrogen (secondary N) is 1. The summed E-state index contributed by atoms with van der Waals surface area (Å²) in [7, 11) is 1.43. The van der Waals surface area contributed by atoms with Crippen molar-refractivity contribution in [1.29, 1.82) is 0 Å². The van der Waals surface area contributed by atoms with E-state index in [1.54, 1.807) is 6.07 Å². The molecule has 23 heavy (non-hydrogen) atoms. The predicted molar refractivity (Wildman–Crippen MR) is 92.6 cm³/mol. The monoisotopic (exact) mass is 350 g/mol. The molecule has 0 unspecified atom stereocenters. The van der Waals surface area contributed by atoms with Crippen LogP contribution in [0.15, 0.2) is 52.5 Å². The first-order valence-corrected chi connectivity index (χ1v) is 8.02. The largest absolute Gasteiger partial charge is 0.503 e. The van der Waals surface area contributed by atoms with Crippen LogP contribution < -0.4 is 10.2 Å². The van der Waals surface area contributed by atoms with Gasteiger partial charge < -0.3 is 9.84 Å². The lowest BCUT2D eigenvalue weighted by Crippen LogP contribution is -2.19. The van der Waals surface area contributed by atoms with E-state index in [9.17, 15) is 9.90 Å². The van der Waals surface area contributed by atoms with Crippen molar-refractivity contribution in [2.45, 2.75) is 4.90 Å². The highest BCUT2D eigenvalue weighted by Crippen LogP contribution is 2.34. The van der Waals surface area contributed by atoms with Gasteiger partial charge in [-0.2, -0.15) is 5.10 Å². The van der Waals surface area contributed by atoms with Crippen molar-refractivity contribution < 1.29 is 14.6 Å². The number of thioether (sulfide) groups is 1. The first-order valence-electron chi connectivity index (χ1n) is 6.66. The van der Waals surface area contributed by atoms with Gasteiger partial charge >= 0.3 is 0 Å². The zero-order chi connectivity index (χ0) is 16.7. The number of nitrogens with zero attached hydrogens (tertiary/aromatic N) is 1. The second-order valence-corrected chi connectivity index (χ2v) is 5.90. The van der Waals surface area contributed by atoms with E-state index in [1.165, 1.54) is 31.2 Å². The highest BCUT2D eigenvalue weighted by atomic mass is 35.5. The van der Waals surface area contributed by atoms with E-state index < -0.39 is 0 Å². The van der Waals surface area contributed by atoms with Gasteiger partial charge in [0.15, 0.2) is 11.5 Å². The van der Waals surface area contributed by atoms with Crippen molar-refractivity contribution in [2.75, 3.05) is 12.9 Å². The third-order valence-corrected chi connectivity index (χ3v) is 4.09. The summed E-state index contributed by atoms with van der Waals surface area (Å²) < 4.78 is 4.99. The van der Waals surface area contributed by atoms with Crippen LogP contribution in [0.25, 0.3) is 0 Å². The zero-order valence-corrected chi connectivity index (χ0v) is 13.9. The Labute approximate surface area is 143 Å². The third kappa shape index (κ3) is 5.19. The lowest BCUT2D eigenvalue weighted by molar-refractivity contribution is -0.118. The second-order valence-electron chi connectivity index (χ2n) is 4.45. The maximum absolute atomic E-state index is 11.7. The summed E-state index contributed by atoms with van der Waals surface area (Å²) in [6.07, 6.45) is 1.43. The predicted octanol–water partition coefficient (Wildman–Crippen LogP) is 3.30. The summed E-state index contributed by atoms with van der Waals surface area (Å²) >= 11 is 7.30. The highest BCUT2D eigenvalue weighted by molar-refractivity contribution is 8.00. The summed E-state index contributed by atoms with van der Waals surface area (Å²) in [5.74, 6) is 0.160. The number of hydrogen-bond acceptors (Lipinski definition) is 5. The minimum absolute atomic E-state index is 0.130. The molecule has 0 fully saturated rings. The Hall–Kier alpha value is -2.18. The molecule has 0 aliphatic carbocycles. The average Bonchev–Trinajstić information content (AvgIpc) is 2.57. The smallest absolute Gasteiger partial charge is 0.250 e. The van der Waals surface area contributed by atoms with E-state index >= 15 is 0 Å². The molecule has 2 aromatic rings. The van der Waals surface area contributed by atoms with E-state index in [2.05, 4.69) is 10.5 Å². The van der Waals surface area contributed by atoms with E-state index in [0.29, 0.717) is 5.56 Å². The van der Waals surface area contributed by atoms with Crippen molar-refractivity contribution in [3.05, 3.63) is 53.1 Å². The maximum Gasteiger partial charge on any atom is 0.250 e. The van der Waals surface area contributed by atoms with Crippen molar-refractivity contribution in [3.8, 4) is 11.5 Å². The molecular weight excluding hydrogens is 336 g/mol. The van der Waals surface area contributed by atoms with Gasteiger partial charge in [0.2, 0.25) is 5.91 Å². The Balaban J connectivity index is 1.89. The molecular formula is C16H15ClN2O3S. The molecule has 0 saturated carbocycles. The zero-order valence-electron chi connectivity index (χ0n) is 12.3. The Morgan fingerprint density at radius 3 is 2.83 bits per heavy atom. The number of phenols is 1. The van der Waals surface area contributed by atoms with Crippen LogP contribution in [-0.2, 0) is 4.79 Å². The molecule has 120 valence electrons. The lowest BCUT2D eigenvalue weighted by atomic mass is 10.2. The molecule has 0 heterocycles. The molecule has 2 rings (SSSR count). The molecule has 2 aromatic carbocycles. The highest BCUT2D eigenvalue weighted by Gasteiger charge is 2.08. The van der Waals surface area contributed by atoms with Gasteiger partial charge in [-0.05, 0) is 29.8 Å². The number of phenolic OH excluding ortho intramolecular Hbond substituents is 1. The van der Waals surface area contributed by atoms with E-state index in [-0.39, 0.29) is 28.2 Å². The van der Waals surface area contributed by atoms with Crippen molar-refractivity contribution in [2.24, 2.45) is 5.10 Å². The number of halogens is 1. The molecule has 0 spiro atoms. The summed E-state index contributed by atoms with van der Waals surface area (Å²) in [6.45, 7) is 0. The molecule has 1 amide bonds. The molecule has 0 aliphatic heterocycles. The molecule has 5 nitrogen and oxygen atoms in total. The number of ether oxygens (including phenoxy) is 1. The van der Waals surface area contributed by atoms with Gasteiger partial charge in [-0.15, -0.1) is 11.8 Å². The SMILES string of the molecule is COc1cc(C=NNC(=O)CSc2ccccc2)cc(Cl)c1O. The number of aromatic hydroxyl groups is 1. The Morgan fingerprint density at radius 1 is 1.39 bits per heavy atom. The van der Waals surface area contributed by atoms with Crippen LogP contribution in [0.2, 0.25) is 5.02 Å². The van der Waals surface area contributed by atoms with Gasteiger partial charge in [-0.25, -0.2) is 5.43 Å². The van der Waals surface area contributed by atoms with Crippen LogP contribution in [0.3, 0.4) is 0 Å². The number of amides is 1. The summed E-state index contributed by atoms with van der Waals surface area (Å²) in [6, 6.07) is 12.7. The standard InChI is InChI=1S/C16H15ClN2O3S/c1-22-14-8-11(7-13(17)16(14)21)9-18-19-15(20)10-23-12-5-3-2-4-6-12/h2-9,21H,10H2,1H3,(H,19,20). The number of rotatable bonds is 6. The van der Waals surface area contributed by atoms with Crippen molar-refractivity contribution in [1.82, 2.24) is 5.43 Å². The average molecular weight is 351 g/mol. The van der Waals surface area contributed by atoms with Crippen molar-refractivity contribution >= 4 is 35.5 Å². The fourth-order valence-electron chi connectivity index (χ4n) is 1.70. The fourth-order valence-corrected chi connectivity index (χ4v) is 2.63. The summed E-state index contributed by atoms with van der Waals surface area (Å²) in [5, 5.41) is 13.7. The van der Waals surface area contributed by atoms with Gasteiger partial charge in [0.1, 0.15) is 0 Å². The van der Waals surface area contributed by atoms with Crippen molar-refractivity contribution in [3.63, 3.8) is 0 Å². The van der Waals surface area contributed by atoms with Gasteiger partial charge in [0, 0.05) is 4.90 Å². The van der Waals surface area contributed by atoms with Gasteiger partial charge in [0.05, 0.1) is 24.1 Å². The normalized spacial score (nSPS) is 10.7. The number of carbonyl (C=O) groups excluding carboxylic acids is 1. The molecule has 2 N–H and O–H groups in total. The molecule has 7 heteroatoms. The van der Waals surface area contributed by atoms with E-state index in [0.717, 1.165) is 4.90 Å². The molecule has 0 saturated heterocycles. The lowest BCUT2D eigenvalue weighted by Gasteiger charge is -2.06. The topological polar surface area (TPSA) is 70.9 Å². The van der Waals surface area contributed by atoms with Gasteiger partial charge in [0.25, 0.3) is 0 Å². The van der Waals surface area contributed by atoms with Crippen LogP contribution >= 0.6 is 23.4 Å². The van der Waals surface area contributed by atoms with Crippen LogP contribution in [0.4, 0.5) is 0 Å². The third-order valence-electron chi connectivity index (χ3n) is 2.79. The number of methoxy groups -OCH3 is 1. The van der Waals surface area contributed by atoms with Crippen LogP contribution in [-0.4, -0.2) is 30.1 Å². The minimum atomic E-state index is -0.216. The molecule has 0 atom stereocenters. The second kappa shape index (κ2) is 8.45. The molecule has 0 bridgehead atoms. The Kier molecular flexibility index (Phi) is 6.31. The van der Waals surface area contributed by atoms with Gasteiger partial charge in [-0.1, -0.05) is 29.8 Å². The number of hydrogen-bond donors (Lipinski definition) is 2. The van der Waals surface area contributed by atoms with Crippen LogP contribution in [0.5, 0.6) is 11.5 Å². The number of hydrazone groups is 1. The maximum atomic E-state index is 11.7. The first-order chi connectivity index (χ1) is 11.1. The molecule has 0 aromatic heterocycles. The van der Waals surface area contributed by atoms with Gasteiger partial charge in [-0.3, -0.25) is 4.79 Å². The Bertz CT molecular complexity index is 708. The summed E-state index contributed by atoms with van der Waals surface area (Å²) in [5.41, 5.74) is 3.03. The number of carbonyl (C=O) groups is 1. The minimum Gasteiger partial charge on any atom is -0.503 e. The van der Waals surface area contributed by atoms with E-state index in [1.807, 2.05) is 30.3 Å². The fraction of sp³-hybridized carbons (Fsp3) is 0.125. The number of benzene rings is 2. The molecule has 0 radical (unpaired) electrons. The molecule has 0 aliphatic rings.